The second-order valence-electron chi connectivity index (χ2n) is 5.50. The molecular weight excluding hydrogens is 310 g/mol. The number of anilines is 1. The second-order valence-corrected chi connectivity index (χ2v) is 5.50. The number of esters is 1. The average Bonchev–Trinajstić information content (AvgIpc) is 2.56. The molecule has 0 saturated heterocycles. The highest BCUT2D eigenvalue weighted by Gasteiger charge is 2.32. The van der Waals surface area contributed by atoms with Crippen molar-refractivity contribution in [3.63, 3.8) is 0 Å². The first-order valence-corrected chi connectivity index (χ1v) is 8.22. The number of methoxy groups -OCH3 is 1. The fraction of sp³-hybridized carbons (Fsp3) is 0.556. The molecule has 0 aliphatic rings. The van der Waals surface area contributed by atoms with E-state index >= 15 is 0 Å². The first-order valence-electron chi connectivity index (χ1n) is 8.22. The number of carbonyl (C=O) groups excluding carboxylic acids is 2. The smallest absolute Gasteiger partial charge is 0.341 e. The number of amides is 1. The van der Waals surface area contributed by atoms with Crippen molar-refractivity contribution in [3.05, 3.63) is 23.8 Å². The van der Waals surface area contributed by atoms with Crippen molar-refractivity contribution in [1.29, 1.82) is 0 Å². The van der Waals surface area contributed by atoms with Crippen LogP contribution in [0.3, 0.4) is 0 Å². The Kier molecular flexibility index (Phi) is 7.71. The summed E-state index contributed by atoms with van der Waals surface area (Å²) in [6.45, 7) is 7.99. The zero-order chi connectivity index (χ0) is 18.2. The Balaban J connectivity index is 3.06. The summed E-state index contributed by atoms with van der Waals surface area (Å²) in [6.07, 6.45) is 1.41. The van der Waals surface area contributed by atoms with Crippen LogP contribution in [-0.4, -0.2) is 37.8 Å². The zero-order valence-electron chi connectivity index (χ0n) is 15.1. The van der Waals surface area contributed by atoms with Crippen molar-refractivity contribution in [2.45, 2.75) is 46.1 Å². The van der Waals surface area contributed by atoms with Gasteiger partial charge < -0.3 is 19.5 Å². The fourth-order valence-corrected chi connectivity index (χ4v) is 2.31. The number of hydrogen-bond donors (Lipinski definition) is 1. The molecule has 0 spiro atoms. The monoisotopic (exact) mass is 337 g/mol. The molecule has 0 aromatic heterocycles. The van der Waals surface area contributed by atoms with Crippen LogP contribution in [0, 0.1) is 0 Å². The van der Waals surface area contributed by atoms with Crippen molar-refractivity contribution < 1.29 is 23.8 Å². The van der Waals surface area contributed by atoms with Gasteiger partial charge in [0.2, 0.25) is 0 Å². The van der Waals surface area contributed by atoms with Gasteiger partial charge in [-0.1, -0.05) is 13.3 Å². The Morgan fingerprint density at radius 2 is 1.88 bits per heavy atom. The van der Waals surface area contributed by atoms with Crippen molar-refractivity contribution in [3.8, 4) is 5.75 Å². The van der Waals surface area contributed by atoms with Gasteiger partial charge in [-0.15, -0.1) is 0 Å². The van der Waals surface area contributed by atoms with Crippen molar-refractivity contribution >= 4 is 17.6 Å². The maximum Gasteiger partial charge on any atom is 0.341 e. The first kappa shape index (κ1) is 20.0. The summed E-state index contributed by atoms with van der Waals surface area (Å²) in [7, 11) is 1.51. The number of hydrogen-bond acceptors (Lipinski definition) is 5. The predicted molar refractivity (Wildman–Crippen MR) is 92.5 cm³/mol. The van der Waals surface area contributed by atoms with Gasteiger partial charge in [-0.3, -0.25) is 4.79 Å². The van der Waals surface area contributed by atoms with Crippen LogP contribution >= 0.6 is 0 Å². The lowest BCUT2D eigenvalue weighted by molar-refractivity contribution is -0.136. The summed E-state index contributed by atoms with van der Waals surface area (Å²) in [5.41, 5.74) is -0.144. The number of rotatable bonds is 9. The molecule has 1 N–H and O–H groups in total. The lowest BCUT2D eigenvalue weighted by atomic mass is 9.99. The minimum Gasteiger partial charge on any atom is -0.493 e. The molecule has 0 aliphatic heterocycles. The third-order valence-electron chi connectivity index (χ3n) is 3.69. The van der Waals surface area contributed by atoms with Gasteiger partial charge in [-0.2, -0.15) is 0 Å². The molecule has 1 rings (SSSR count). The number of benzene rings is 1. The van der Waals surface area contributed by atoms with E-state index in [-0.39, 0.29) is 18.1 Å². The van der Waals surface area contributed by atoms with E-state index in [4.69, 9.17) is 14.2 Å². The fourth-order valence-electron chi connectivity index (χ4n) is 2.31. The molecule has 0 unspecified atom stereocenters. The van der Waals surface area contributed by atoms with E-state index in [1.54, 1.807) is 32.0 Å². The standard InChI is InChI=1S/C18H27NO5/c1-6-11-18(4,22-5)17(21)19-13-9-10-15(23-7-2)14(12-13)16(20)24-8-3/h9-10,12H,6-8,11H2,1-5H3,(H,19,21)/t18-/m0/s1. The Morgan fingerprint density at radius 3 is 2.42 bits per heavy atom. The van der Waals surface area contributed by atoms with E-state index in [0.29, 0.717) is 24.5 Å². The van der Waals surface area contributed by atoms with Crippen LogP contribution in [-0.2, 0) is 14.3 Å². The molecule has 0 heterocycles. The van der Waals surface area contributed by atoms with Gasteiger partial charge in [0.05, 0.1) is 13.2 Å². The summed E-state index contributed by atoms with van der Waals surface area (Å²) in [5, 5.41) is 2.80. The molecule has 24 heavy (non-hydrogen) atoms. The average molecular weight is 337 g/mol. The van der Waals surface area contributed by atoms with Gasteiger partial charge >= 0.3 is 5.97 Å². The van der Waals surface area contributed by atoms with Crippen LogP contribution in [0.2, 0.25) is 0 Å². The maximum atomic E-state index is 12.5. The number of carbonyl (C=O) groups is 2. The van der Waals surface area contributed by atoms with Crippen LogP contribution < -0.4 is 10.1 Å². The highest BCUT2D eigenvalue weighted by molar-refractivity contribution is 5.99. The molecule has 6 nitrogen and oxygen atoms in total. The summed E-state index contributed by atoms with van der Waals surface area (Å²) >= 11 is 0. The van der Waals surface area contributed by atoms with Gasteiger partial charge in [0.1, 0.15) is 16.9 Å². The lowest BCUT2D eigenvalue weighted by Gasteiger charge is -2.26. The predicted octanol–water partition coefficient (Wildman–Crippen LogP) is 3.41. The molecule has 1 atom stereocenters. The largest absolute Gasteiger partial charge is 0.493 e. The minimum atomic E-state index is -0.919. The third kappa shape index (κ3) is 4.96. The van der Waals surface area contributed by atoms with Crippen molar-refractivity contribution in [2.75, 3.05) is 25.6 Å². The summed E-state index contributed by atoms with van der Waals surface area (Å²) < 4.78 is 15.9. The van der Waals surface area contributed by atoms with E-state index in [9.17, 15) is 9.59 Å². The molecule has 1 aromatic rings. The third-order valence-corrected chi connectivity index (χ3v) is 3.69. The van der Waals surface area contributed by atoms with Gasteiger partial charge in [-0.25, -0.2) is 4.79 Å². The Morgan fingerprint density at radius 1 is 1.17 bits per heavy atom. The van der Waals surface area contributed by atoms with Crippen LogP contribution in [0.1, 0.15) is 50.9 Å². The van der Waals surface area contributed by atoms with Gasteiger partial charge in [0.25, 0.3) is 5.91 Å². The Bertz CT molecular complexity index is 573. The zero-order valence-corrected chi connectivity index (χ0v) is 15.1. The van der Waals surface area contributed by atoms with Gasteiger partial charge in [0.15, 0.2) is 0 Å². The van der Waals surface area contributed by atoms with Crippen molar-refractivity contribution in [1.82, 2.24) is 0 Å². The maximum absolute atomic E-state index is 12.5. The number of ether oxygens (including phenoxy) is 3. The molecule has 1 amide bonds. The topological polar surface area (TPSA) is 73.9 Å². The quantitative estimate of drug-likeness (QED) is 0.699. The van der Waals surface area contributed by atoms with E-state index < -0.39 is 11.6 Å². The van der Waals surface area contributed by atoms with Gasteiger partial charge in [0, 0.05) is 12.8 Å². The van der Waals surface area contributed by atoms with E-state index in [1.165, 1.54) is 7.11 Å². The summed E-state index contributed by atoms with van der Waals surface area (Å²) in [6, 6.07) is 4.89. The molecule has 0 radical (unpaired) electrons. The lowest BCUT2D eigenvalue weighted by Crippen LogP contribution is -2.41. The molecular formula is C18H27NO5. The van der Waals surface area contributed by atoms with Crippen LogP contribution in [0.5, 0.6) is 5.75 Å². The molecule has 0 bridgehead atoms. The van der Waals surface area contributed by atoms with Crippen LogP contribution in [0.4, 0.5) is 5.69 Å². The molecule has 0 aliphatic carbocycles. The minimum absolute atomic E-state index is 0.259. The molecule has 0 fully saturated rings. The summed E-state index contributed by atoms with van der Waals surface area (Å²) in [5.74, 6) is -0.317. The highest BCUT2D eigenvalue weighted by Crippen LogP contribution is 2.26. The van der Waals surface area contributed by atoms with Crippen LogP contribution in [0.25, 0.3) is 0 Å². The first-order chi connectivity index (χ1) is 11.4. The van der Waals surface area contributed by atoms with Crippen molar-refractivity contribution in [2.24, 2.45) is 0 Å². The van der Waals surface area contributed by atoms with Crippen LogP contribution in [0.15, 0.2) is 18.2 Å². The van der Waals surface area contributed by atoms with E-state index in [0.717, 1.165) is 6.42 Å². The van der Waals surface area contributed by atoms with Gasteiger partial charge in [-0.05, 0) is 45.4 Å². The Hall–Kier alpha value is -2.08. The second kappa shape index (κ2) is 9.27. The normalized spacial score (nSPS) is 13.0. The van der Waals surface area contributed by atoms with E-state index in [2.05, 4.69) is 5.32 Å². The summed E-state index contributed by atoms with van der Waals surface area (Å²) in [4.78, 5) is 24.6. The number of nitrogens with one attached hydrogen (secondary N) is 1. The molecule has 134 valence electrons. The molecule has 1 aromatic carbocycles. The Labute approximate surface area is 143 Å². The SMILES string of the molecule is CCC[C@](C)(OC)C(=O)Nc1ccc(OCC)c(C(=O)OCC)c1. The van der Waals surface area contributed by atoms with E-state index in [1.807, 2.05) is 13.8 Å². The highest BCUT2D eigenvalue weighted by atomic mass is 16.5. The molecule has 6 heteroatoms. The molecule has 0 saturated carbocycles.